The lowest BCUT2D eigenvalue weighted by Crippen LogP contribution is -2.30. The van der Waals surface area contributed by atoms with Crippen LogP contribution in [0.1, 0.15) is 21.9 Å². The van der Waals surface area contributed by atoms with Crippen LogP contribution in [0.2, 0.25) is 0 Å². The van der Waals surface area contributed by atoms with Crippen LogP contribution in [0, 0.1) is 5.82 Å². The first kappa shape index (κ1) is 21.6. The van der Waals surface area contributed by atoms with Crippen LogP contribution in [0.3, 0.4) is 0 Å². The molecule has 9 heteroatoms. The van der Waals surface area contributed by atoms with Crippen LogP contribution in [0.15, 0.2) is 67.0 Å². The molecule has 0 spiro atoms. The number of amides is 1. The first-order valence-electron chi connectivity index (χ1n) is 9.87. The lowest BCUT2D eigenvalue weighted by Gasteiger charge is -2.20. The maximum absolute atomic E-state index is 14.3. The molecule has 2 aromatic carbocycles. The van der Waals surface area contributed by atoms with Gasteiger partial charge in [0.2, 0.25) is 0 Å². The summed E-state index contributed by atoms with van der Waals surface area (Å²) >= 11 is 0. The van der Waals surface area contributed by atoms with Crippen molar-refractivity contribution in [1.82, 2.24) is 19.0 Å². The molecule has 0 atom stereocenters. The van der Waals surface area contributed by atoms with Crippen LogP contribution < -0.4 is 0 Å². The summed E-state index contributed by atoms with van der Waals surface area (Å²) in [6.07, 6.45) is -1.89. The molecule has 0 aliphatic heterocycles. The Bertz CT molecular complexity index is 1260. The molecule has 0 N–H and O–H groups in total. The lowest BCUT2D eigenvalue weighted by atomic mass is 10.2. The molecule has 166 valence electrons. The van der Waals surface area contributed by atoms with Crippen molar-refractivity contribution in [2.75, 3.05) is 7.05 Å². The average Bonchev–Trinajstić information content (AvgIpc) is 3.32. The Hall–Kier alpha value is -3.62. The largest absolute Gasteiger partial charge is 0.406 e. The maximum atomic E-state index is 14.3. The predicted molar refractivity (Wildman–Crippen MR) is 112 cm³/mol. The van der Waals surface area contributed by atoms with E-state index in [-0.39, 0.29) is 24.7 Å². The minimum absolute atomic E-state index is 0.108. The van der Waals surface area contributed by atoms with Crippen molar-refractivity contribution in [3.05, 3.63) is 89.9 Å². The zero-order valence-electron chi connectivity index (χ0n) is 17.2. The van der Waals surface area contributed by atoms with Crippen molar-refractivity contribution in [2.24, 2.45) is 0 Å². The van der Waals surface area contributed by atoms with Crippen molar-refractivity contribution in [2.45, 2.75) is 25.8 Å². The Morgan fingerprint density at radius 1 is 1.09 bits per heavy atom. The van der Waals surface area contributed by atoms with E-state index in [4.69, 9.17) is 0 Å². The predicted octanol–water partition coefficient (Wildman–Crippen LogP) is 4.86. The Balaban J connectivity index is 1.65. The number of nitrogens with zero attached hydrogens (tertiary/aromatic N) is 4. The summed E-state index contributed by atoms with van der Waals surface area (Å²) in [6, 6.07) is 15.4. The smallest absolute Gasteiger partial charge is 0.333 e. The summed E-state index contributed by atoms with van der Waals surface area (Å²) in [5.74, 6) is -0.666. The molecule has 0 unspecified atom stereocenters. The fourth-order valence-corrected chi connectivity index (χ4v) is 3.66. The van der Waals surface area contributed by atoms with Gasteiger partial charge in [0.25, 0.3) is 5.91 Å². The van der Waals surface area contributed by atoms with Crippen LogP contribution >= 0.6 is 0 Å². The van der Waals surface area contributed by atoms with Crippen molar-refractivity contribution in [1.29, 1.82) is 0 Å². The number of aromatic nitrogens is 3. The molecule has 0 bridgehead atoms. The number of imidazole rings is 1. The fourth-order valence-electron chi connectivity index (χ4n) is 3.66. The van der Waals surface area contributed by atoms with E-state index in [0.717, 1.165) is 15.5 Å². The lowest BCUT2D eigenvalue weighted by molar-refractivity contribution is -0.141. The Kier molecular flexibility index (Phi) is 5.73. The Labute approximate surface area is 181 Å². The third-order valence-corrected chi connectivity index (χ3v) is 5.19. The summed E-state index contributed by atoms with van der Waals surface area (Å²) in [5.41, 5.74) is 1.49. The van der Waals surface area contributed by atoms with Crippen molar-refractivity contribution >= 4 is 16.8 Å². The van der Waals surface area contributed by atoms with E-state index < -0.39 is 18.6 Å². The van der Waals surface area contributed by atoms with Gasteiger partial charge in [-0.3, -0.25) is 4.79 Å². The molecule has 0 saturated carbocycles. The molecule has 0 fully saturated rings. The second-order valence-corrected chi connectivity index (χ2v) is 7.51. The summed E-state index contributed by atoms with van der Waals surface area (Å²) in [6.45, 7) is -1.15. The van der Waals surface area contributed by atoms with E-state index in [2.05, 4.69) is 4.98 Å². The van der Waals surface area contributed by atoms with E-state index >= 15 is 0 Å². The normalized spacial score (nSPS) is 11.8. The summed E-state index contributed by atoms with van der Waals surface area (Å²) < 4.78 is 55.4. The summed E-state index contributed by atoms with van der Waals surface area (Å²) in [7, 11) is 1.50. The van der Waals surface area contributed by atoms with Crippen molar-refractivity contribution in [3.8, 4) is 0 Å². The molecule has 32 heavy (non-hydrogen) atoms. The molecule has 2 heterocycles. The molecule has 4 aromatic rings. The monoisotopic (exact) mass is 444 g/mol. The van der Waals surface area contributed by atoms with Gasteiger partial charge in [0.15, 0.2) is 0 Å². The maximum Gasteiger partial charge on any atom is 0.406 e. The van der Waals surface area contributed by atoms with Crippen LogP contribution in [-0.2, 0) is 19.6 Å². The topological polar surface area (TPSA) is 43.1 Å². The first-order valence-corrected chi connectivity index (χ1v) is 9.87. The molecule has 4 rings (SSSR count). The quantitative estimate of drug-likeness (QED) is 0.399. The summed E-state index contributed by atoms with van der Waals surface area (Å²) in [4.78, 5) is 18.6. The van der Waals surface area contributed by atoms with Crippen molar-refractivity contribution in [3.63, 3.8) is 0 Å². The van der Waals surface area contributed by atoms with Crippen molar-refractivity contribution < 1.29 is 22.4 Å². The van der Waals surface area contributed by atoms with E-state index in [1.54, 1.807) is 28.8 Å². The third-order valence-electron chi connectivity index (χ3n) is 5.19. The van der Waals surface area contributed by atoms with Crippen LogP contribution in [-0.4, -0.2) is 38.1 Å². The van der Waals surface area contributed by atoms with Gasteiger partial charge >= 0.3 is 6.18 Å². The van der Waals surface area contributed by atoms with Gasteiger partial charge in [0.1, 0.15) is 23.9 Å². The molecular weight excluding hydrogens is 424 g/mol. The number of para-hydroxylation sites is 1. The van der Waals surface area contributed by atoms with Gasteiger partial charge in [-0.2, -0.15) is 13.2 Å². The number of hydrogen-bond donors (Lipinski definition) is 0. The zero-order chi connectivity index (χ0) is 22.9. The molecule has 0 aliphatic rings. The van der Waals surface area contributed by atoms with Gasteiger partial charge < -0.3 is 14.0 Å². The highest BCUT2D eigenvalue weighted by Gasteiger charge is 2.29. The number of alkyl halides is 3. The van der Waals surface area contributed by atoms with E-state index in [1.807, 2.05) is 24.3 Å². The highest BCUT2D eigenvalue weighted by molar-refractivity contribution is 5.98. The second-order valence-electron chi connectivity index (χ2n) is 7.51. The SMILES string of the molecule is CN(Cc1nccn1CC(F)(F)F)C(=O)c1cc2ccccc2n1Cc1ccccc1F. The minimum atomic E-state index is -4.40. The summed E-state index contributed by atoms with van der Waals surface area (Å²) in [5, 5.41) is 0.805. The van der Waals surface area contributed by atoms with Gasteiger partial charge in [-0.05, 0) is 18.2 Å². The van der Waals surface area contributed by atoms with Gasteiger partial charge in [-0.25, -0.2) is 9.37 Å². The number of halogens is 4. The van der Waals surface area contributed by atoms with Gasteiger partial charge in [-0.15, -0.1) is 0 Å². The average molecular weight is 444 g/mol. The Morgan fingerprint density at radius 2 is 1.81 bits per heavy atom. The molecule has 0 radical (unpaired) electrons. The molecule has 0 saturated heterocycles. The number of hydrogen-bond acceptors (Lipinski definition) is 2. The van der Waals surface area contributed by atoms with Crippen LogP contribution in [0.4, 0.5) is 17.6 Å². The number of rotatable bonds is 6. The number of benzene rings is 2. The number of carbonyl (C=O) groups excluding carboxylic acids is 1. The van der Waals surface area contributed by atoms with Gasteiger partial charge in [-0.1, -0.05) is 36.4 Å². The van der Waals surface area contributed by atoms with E-state index in [9.17, 15) is 22.4 Å². The molecule has 1 amide bonds. The minimum Gasteiger partial charge on any atom is -0.333 e. The zero-order valence-corrected chi connectivity index (χ0v) is 17.2. The highest BCUT2D eigenvalue weighted by Crippen LogP contribution is 2.24. The van der Waals surface area contributed by atoms with Crippen LogP contribution in [0.5, 0.6) is 0 Å². The highest BCUT2D eigenvalue weighted by atomic mass is 19.4. The second kappa shape index (κ2) is 8.49. The standard InChI is InChI=1S/C23H20F4N4O/c1-29(14-21-28-10-11-30(21)15-23(25,26)27)22(32)20-12-16-6-3-5-9-19(16)31(20)13-17-7-2-4-8-18(17)24/h2-12H,13-15H2,1H3. The fraction of sp³-hybridized carbons (Fsp3) is 0.217. The van der Waals surface area contributed by atoms with E-state index in [0.29, 0.717) is 11.3 Å². The van der Waals surface area contributed by atoms with Crippen LogP contribution in [0.25, 0.3) is 10.9 Å². The Morgan fingerprint density at radius 3 is 2.56 bits per heavy atom. The third kappa shape index (κ3) is 4.51. The molecule has 5 nitrogen and oxygen atoms in total. The van der Waals surface area contributed by atoms with E-state index in [1.165, 1.54) is 30.4 Å². The number of carbonyl (C=O) groups is 1. The molecule has 0 aliphatic carbocycles. The van der Waals surface area contributed by atoms with Gasteiger partial charge in [0, 0.05) is 35.9 Å². The molecular formula is C23H20F4N4O. The van der Waals surface area contributed by atoms with Gasteiger partial charge in [0.05, 0.1) is 13.1 Å². The number of fused-ring (bicyclic) bond motifs is 1. The molecule has 2 aromatic heterocycles. The first-order chi connectivity index (χ1) is 15.2.